The summed E-state index contributed by atoms with van der Waals surface area (Å²) in [5.41, 5.74) is 0.0876. The molecular weight excluding hydrogens is 320 g/mol. The highest BCUT2D eigenvalue weighted by atomic mass is 35.5. The third kappa shape index (κ3) is 2.87. The lowest BCUT2D eigenvalue weighted by atomic mass is 10.2. The van der Waals surface area contributed by atoms with Gasteiger partial charge in [0, 0.05) is 13.0 Å². The Hall–Kier alpha value is -1.66. The van der Waals surface area contributed by atoms with Crippen molar-refractivity contribution in [2.45, 2.75) is 23.5 Å². The average Bonchev–Trinajstić information content (AvgIpc) is 2.82. The zero-order valence-electron chi connectivity index (χ0n) is 10.6. The second-order valence-electron chi connectivity index (χ2n) is 4.58. The molecule has 1 aliphatic rings. The van der Waals surface area contributed by atoms with Crippen molar-refractivity contribution in [3.05, 3.63) is 28.8 Å². The van der Waals surface area contributed by atoms with E-state index >= 15 is 0 Å². The highest BCUT2D eigenvalue weighted by molar-refractivity contribution is 7.89. The van der Waals surface area contributed by atoms with Crippen molar-refractivity contribution < 1.29 is 23.4 Å². The molecular formula is C12H11ClN2O5S. The molecule has 21 heavy (non-hydrogen) atoms. The number of β-amino-alcohol motifs (C(OH)–C–C–N with tert-alkyl or cyclic N) is 1. The van der Waals surface area contributed by atoms with Crippen LogP contribution in [0.1, 0.15) is 12.0 Å². The molecule has 0 bridgehead atoms. The molecule has 2 atom stereocenters. The fourth-order valence-electron chi connectivity index (χ4n) is 2.17. The van der Waals surface area contributed by atoms with Gasteiger partial charge in [-0.3, -0.25) is 4.79 Å². The Morgan fingerprint density at radius 2 is 2.14 bits per heavy atom. The van der Waals surface area contributed by atoms with E-state index in [0.29, 0.717) is 4.31 Å². The van der Waals surface area contributed by atoms with Crippen LogP contribution >= 0.6 is 11.6 Å². The van der Waals surface area contributed by atoms with Crippen LogP contribution in [0.5, 0.6) is 0 Å². The summed E-state index contributed by atoms with van der Waals surface area (Å²) in [6.45, 7) is -0.327. The quantitative estimate of drug-likeness (QED) is 0.829. The van der Waals surface area contributed by atoms with Crippen LogP contribution in [0.2, 0.25) is 5.02 Å². The lowest BCUT2D eigenvalue weighted by Crippen LogP contribution is -2.40. The first-order valence-electron chi connectivity index (χ1n) is 5.89. The van der Waals surface area contributed by atoms with Gasteiger partial charge in [-0.2, -0.15) is 9.57 Å². The molecule has 2 rings (SSSR count). The fraction of sp³-hybridized carbons (Fsp3) is 0.333. The van der Waals surface area contributed by atoms with E-state index in [-0.39, 0.29) is 28.4 Å². The highest BCUT2D eigenvalue weighted by Gasteiger charge is 2.44. The molecule has 1 aromatic carbocycles. The van der Waals surface area contributed by atoms with E-state index in [9.17, 15) is 18.3 Å². The third-order valence-corrected chi connectivity index (χ3v) is 5.52. The Bertz CT molecular complexity index is 728. The van der Waals surface area contributed by atoms with Crippen LogP contribution in [0.3, 0.4) is 0 Å². The maximum absolute atomic E-state index is 12.5. The summed E-state index contributed by atoms with van der Waals surface area (Å²) in [5.74, 6) is -1.34. The SMILES string of the molecule is N#Cc1ccc(Cl)c(S(=O)(=O)N2C[C@H](O)C[C@@H]2C(=O)O)c1. The smallest absolute Gasteiger partial charge is 0.322 e. The second-order valence-corrected chi connectivity index (χ2v) is 6.84. The number of nitrogens with zero attached hydrogens (tertiary/aromatic N) is 2. The zero-order chi connectivity index (χ0) is 15.8. The fourth-order valence-corrected chi connectivity index (χ4v) is 4.30. The standard InChI is InChI=1S/C12H11ClN2O5S/c13-9-2-1-7(5-14)3-11(9)21(19,20)15-6-8(16)4-10(15)12(17)18/h1-3,8,10,16H,4,6H2,(H,17,18)/t8-,10-/m1/s1. The first-order chi connectivity index (χ1) is 9.77. The highest BCUT2D eigenvalue weighted by Crippen LogP contribution is 2.31. The van der Waals surface area contributed by atoms with Crippen molar-refractivity contribution in [1.82, 2.24) is 4.31 Å². The van der Waals surface area contributed by atoms with Crippen LogP contribution < -0.4 is 0 Å². The normalized spacial score (nSPS) is 22.9. The summed E-state index contributed by atoms with van der Waals surface area (Å²) in [4.78, 5) is 10.8. The average molecular weight is 331 g/mol. The molecule has 112 valence electrons. The number of hydrogen-bond acceptors (Lipinski definition) is 5. The van der Waals surface area contributed by atoms with Crippen molar-refractivity contribution in [2.75, 3.05) is 6.54 Å². The molecule has 1 saturated heterocycles. The molecule has 0 radical (unpaired) electrons. The van der Waals surface area contributed by atoms with E-state index in [1.807, 2.05) is 0 Å². The number of aliphatic hydroxyl groups is 1. The van der Waals surface area contributed by atoms with E-state index in [1.54, 1.807) is 6.07 Å². The molecule has 2 N–H and O–H groups in total. The Labute approximate surface area is 126 Å². The second kappa shape index (κ2) is 5.61. The van der Waals surface area contributed by atoms with Crippen molar-refractivity contribution in [2.24, 2.45) is 0 Å². The monoisotopic (exact) mass is 330 g/mol. The van der Waals surface area contributed by atoms with Crippen LogP contribution in [0.25, 0.3) is 0 Å². The topological polar surface area (TPSA) is 119 Å². The molecule has 1 aromatic rings. The number of benzene rings is 1. The number of aliphatic hydroxyl groups excluding tert-OH is 1. The van der Waals surface area contributed by atoms with Gasteiger partial charge in [0.15, 0.2) is 0 Å². The Kier molecular flexibility index (Phi) is 4.20. The summed E-state index contributed by atoms with van der Waals surface area (Å²) < 4.78 is 25.8. The van der Waals surface area contributed by atoms with Gasteiger partial charge in [0.05, 0.1) is 22.8 Å². The van der Waals surface area contributed by atoms with Crippen LogP contribution in [0, 0.1) is 11.3 Å². The van der Waals surface area contributed by atoms with Crippen molar-refractivity contribution in [3.8, 4) is 6.07 Å². The summed E-state index contributed by atoms with van der Waals surface area (Å²) in [7, 11) is -4.22. The number of rotatable bonds is 3. The molecule has 1 heterocycles. The lowest BCUT2D eigenvalue weighted by molar-refractivity contribution is -0.140. The maximum Gasteiger partial charge on any atom is 0.322 e. The van der Waals surface area contributed by atoms with Crippen LogP contribution in [-0.4, -0.2) is 47.6 Å². The van der Waals surface area contributed by atoms with E-state index < -0.39 is 28.1 Å². The molecule has 0 spiro atoms. The Morgan fingerprint density at radius 1 is 1.48 bits per heavy atom. The number of halogens is 1. The summed E-state index contributed by atoms with van der Waals surface area (Å²) in [6.07, 6.45) is -1.25. The molecule has 0 unspecified atom stereocenters. The number of sulfonamides is 1. The molecule has 0 saturated carbocycles. The minimum atomic E-state index is -4.22. The predicted octanol–water partition coefficient (Wildman–Crippen LogP) is 0.420. The number of hydrogen-bond donors (Lipinski definition) is 2. The van der Waals surface area contributed by atoms with Gasteiger partial charge in [-0.1, -0.05) is 11.6 Å². The number of aliphatic carboxylic acids is 1. The van der Waals surface area contributed by atoms with E-state index in [2.05, 4.69) is 0 Å². The summed E-state index contributed by atoms with van der Waals surface area (Å²) in [6, 6.07) is 4.14. The van der Waals surface area contributed by atoms with Gasteiger partial charge in [-0.15, -0.1) is 0 Å². The summed E-state index contributed by atoms with van der Waals surface area (Å²) in [5, 5.41) is 27.3. The zero-order valence-corrected chi connectivity index (χ0v) is 12.2. The maximum atomic E-state index is 12.5. The van der Waals surface area contributed by atoms with Gasteiger partial charge >= 0.3 is 5.97 Å². The number of carboxylic acids is 1. The number of carboxylic acid groups (broad SMARTS) is 1. The molecule has 1 aliphatic heterocycles. The predicted molar refractivity (Wildman–Crippen MR) is 72.1 cm³/mol. The van der Waals surface area contributed by atoms with Gasteiger partial charge in [0.2, 0.25) is 10.0 Å². The number of nitriles is 1. The van der Waals surface area contributed by atoms with Crippen molar-refractivity contribution >= 4 is 27.6 Å². The van der Waals surface area contributed by atoms with Gasteiger partial charge in [0.1, 0.15) is 10.9 Å². The van der Waals surface area contributed by atoms with E-state index in [4.69, 9.17) is 22.0 Å². The Balaban J connectivity index is 2.52. The molecule has 9 heteroatoms. The van der Waals surface area contributed by atoms with Crippen molar-refractivity contribution in [3.63, 3.8) is 0 Å². The van der Waals surface area contributed by atoms with Gasteiger partial charge in [-0.05, 0) is 18.2 Å². The van der Waals surface area contributed by atoms with Gasteiger partial charge in [-0.25, -0.2) is 8.42 Å². The minimum absolute atomic E-state index is 0.0876. The van der Waals surface area contributed by atoms with E-state index in [1.165, 1.54) is 12.1 Å². The van der Waals surface area contributed by atoms with Crippen molar-refractivity contribution in [1.29, 1.82) is 5.26 Å². The first-order valence-corrected chi connectivity index (χ1v) is 7.71. The van der Waals surface area contributed by atoms with E-state index in [0.717, 1.165) is 6.07 Å². The molecule has 7 nitrogen and oxygen atoms in total. The molecule has 1 fully saturated rings. The molecule has 0 aliphatic carbocycles. The van der Waals surface area contributed by atoms with Crippen LogP contribution in [-0.2, 0) is 14.8 Å². The van der Waals surface area contributed by atoms with Gasteiger partial charge < -0.3 is 10.2 Å². The number of carbonyl (C=O) groups is 1. The molecule has 0 aromatic heterocycles. The lowest BCUT2D eigenvalue weighted by Gasteiger charge is -2.21. The van der Waals surface area contributed by atoms with Crippen LogP contribution in [0.4, 0.5) is 0 Å². The Morgan fingerprint density at radius 3 is 2.71 bits per heavy atom. The van der Waals surface area contributed by atoms with Gasteiger partial charge in [0.25, 0.3) is 0 Å². The largest absolute Gasteiger partial charge is 0.480 e. The molecule has 0 amide bonds. The third-order valence-electron chi connectivity index (χ3n) is 3.17. The summed E-state index contributed by atoms with van der Waals surface area (Å²) >= 11 is 5.85. The van der Waals surface area contributed by atoms with Crippen LogP contribution in [0.15, 0.2) is 23.1 Å². The minimum Gasteiger partial charge on any atom is -0.480 e. The first kappa shape index (κ1) is 15.7.